The maximum Gasteiger partial charge on any atom is 0.343 e. The van der Waals surface area contributed by atoms with E-state index in [2.05, 4.69) is 4.74 Å². The fourth-order valence-electron chi connectivity index (χ4n) is 2.65. The average molecular weight is 448 g/mol. The van der Waals surface area contributed by atoms with Crippen LogP contribution in [0.25, 0.3) is 6.08 Å². The Kier molecular flexibility index (Phi) is 7.02. The van der Waals surface area contributed by atoms with E-state index >= 15 is 0 Å². The van der Waals surface area contributed by atoms with Crippen molar-refractivity contribution in [1.82, 2.24) is 4.90 Å². The molecule has 30 heavy (non-hydrogen) atoms. The van der Waals surface area contributed by atoms with Gasteiger partial charge in [0.25, 0.3) is 11.1 Å². The lowest BCUT2D eigenvalue weighted by atomic mass is 10.1. The lowest BCUT2D eigenvalue weighted by Crippen LogP contribution is -2.27. The summed E-state index contributed by atoms with van der Waals surface area (Å²) in [5.41, 5.74) is 1.45. The standard InChI is InChI=1S/C21H18ClNO6S/c1-27-17-9-14(5-8-16(17)29-12-19(24)28-2)10-18-20(25)23(21(26)30-18)11-13-3-6-15(22)7-4-13/h3-10H,11-12H2,1-2H3/b18-10+. The number of ether oxygens (including phenoxy) is 3. The van der Waals surface area contributed by atoms with Crippen molar-refractivity contribution in [2.75, 3.05) is 20.8 Å². The summed E-state index contributed by atoms with van der Waals surface area (Å²) in [6.07, 6.45) is 1.61. The first-order chi connectivity index (χ1) is 14.4. The molecule has 2 amide bonds. The van der Waals surface area contributed by atoms with E-state index in [1.54, 1.807) is 48.5 Å². The lowest BCUT2D eigenvalue weighted by Gasteiger charge is -2.12. The number of rotatable bonds is 7. The number of hydrogen-bond acceptors (Lipinski definition) is 7. The van der Waals surface area contributed by atoms with Gasteiger partial charge in [-0.25, -0.2) is 4.79 Å². The molecule has 0 atom stereocenters. The van der Waals surface area contributed by atoms with Crippen LogP contribution in [0.2, 0.25) is 5.02 Å². The van der Waals surface area contributed by atoms with Gasteiger partial charge in [-0.15, -0.1) is 0 Å². The highest BCUT2D eigenvalue weighted by Crippen LogP contribution is 2.35. The van der Waals surface area contributed by atoms with Crippen LogP contribution in [0.3, 0.4) is 0 Å². The summed E-state index contributed by atoms with van der Waals surface area (Å²) in [5, 5.41) is 0.243. The van der Waals surface area contributed by atoms with Gasteiger partial charge in [0, 0.05) is 5.02 Å². The molecule has 1 aliphatic rings. The first-order valence-electron chi connectivity index (χ1n) is 8.78. The van der Waals surface area contributed by atoms with Crippen molar-refractivity contribution < 1.29 is 28.6 Å². The highest BCUT2D eigenvalue weighted by molar-refractivity contribution is 8.18. The minimum Gasteiger partial charge on any atom is -0.493 e. The Hall–Kier alpha value is -2.97. The summed E-state index contributed by atoms with van der Waals surface area (Å²) in [6.45, 7) is -0.0847. The minimum atomic E-state index is -0.518. The topological polar surface area (TPSA) is 82.1 Å². The number of imide groups is 1. The molecule has 0 saturated carbocycles. The second-order valence-electron chi connectivity index (χ2n) is 6.17. The van der Waals surface area contributed by atoms with Gasteiger partial charge in [-0.1, -0.05) is 29.8 Å². The number of nitrogens with zero attached hydrogens (tertiary/aromatic N) is 1. The molecule has 1 aliphatic heterocycles. The third kappa shape index (κ3) is 5.14. The lowest BCUT2D eigenvalue weighted by molar-refractivity contribution is -0.142. The van der Waals surface area contributed by atoms with E-state index in [1.165, 1.54) is 19.1 Å². The predicted molar refractivity (Wildman–Crippen MR) is 113 cm³/mol. The van der Waals surface area contributed by atoms with E-state index < -0.39 is 5.97 Å². The second kappa shape index (κ2) is 9.69. The Balaban J connectivity index is 1.76. The zero-order valence-corrected chi connectivity index (χ0v) is 17.8. The minimum absolute atomic E-state index is 0.169. The summed E-state index contributed by atoms with van der Waals surface area (Å²) in [6, 6.07) is 11.9. The van der Waals surface area contributed by atoms with Crippen molar-refractivity contribution in [3.63, 3.8) is 0 Å². The van der Waals surface area contributed by atoms with Crippen molar-refractivity contribution in [3.8, 4) is 11.5 Å². The van der Waals surface area contributed by atoms with Gasteiger partial charge in [0.05, 0.1) is 25.7 Å². The Morgan fingerprint density at radius 2 is 1.83 bits per heavy atom. The van der Waals surface area contributed by atoms with Crippen LogP contribution in [0.1, 0.15) is 11.1 Å². The largest absolute Gasteiger partial charge is 0.493 e. The molecule has 0 N–H and O–H groups in total. The van der Waals surface area contributed by atoms with Crippen LogP contribution in [0, 0.1) is 0 Å². The smallest absolute Gasteiger partial charge is 0.343 e. The van der Waals surface area contributed by atoms with Crippen LogP contribution < -0.4 is 9.47 Å². The van der Waals surface area contributed by atoms with E-state index in [1.807, 2.05) is 0 Å². The number of benzene rings is 2. The van der Waals surface area contributed by atoms with Gasteiger partial charge >= 0.3 is 5.97 Å². The molecule has 2 aromatic carbocycles. The quantitative estimate of drug-likeness (QED) is 0.466. The zero-order valence-electron chi connectivity index (χ0n) is 16.2. The highest BCUT2D eigenvalue weighted by atomic mass is 35.5. The summed E-state index contributed by atoms with van der Waals surface area (Å²) in [5.74, 6) is -0.149. The molecule has 3 rings (SSSR count). The summed E-state index contributed by atoms with van der Waals surface area (Å²) in [4.78, 5) is 37.8. The molecular formula is C21H18ClNO6S. The molecule has 0 spiro atoms. The van der Waals surface area contributed by atoms with Gasteiger partial charge < -0.3 is 14.2 Å². The molecule has 2 aromatic rings. The van der Waals surface area contributed by atoms with Crippen molar-refractivity contribution >= 4 is 46.6 Å². The number of thioether (sulfide) groups is 1. The van der Waals surface area contributed by atoms with Gasteiger partial charge in [0.15, 0.2) is 18.1 Å². The highest BCUT2D eigenvalue weighted by Gasteiger charge is 2.35. The maximum absolute atomic E-state index is 12.7. The van der Waals surface area contributed by atoms with Crippen molar-refractivity contribution in [2.24, 2.45) is 0 Å². The molecule has 1 fully saturated rings. The fourth-order valence-corrected chi connectivity index (χ4v) is 3.61. The number of carbonyl (C=O) groups is 3. The number of amides is 2. The van der Waals surface area contributed by atoms with E-state index in [0.717, 1.165) is 17.3 Å². The van der Waals surface area contributed by atoms with Crippen molar-refractivity contribution in [1.29, 1.82) is 0 Å². The van der Waals surface area contributed by atoms with Crippen LogP contribution in [-0.4, -0.2) is 42.8 Å². The van der Waals surface area contributed by atoms with E-state index in [9.17, 15) is 14.4 Å². The number of carbonyl (C=O) groups excluding carboxylic acids is 3. The number of hydrogen-bond donors (Lipinski definition) is 0. The summed E-state index contributed by atoms with van der Waals surface area (Å²) in [7, 11) is 2.73. The van der Waals surface area contributed by atoms with Gasteiger partial charge in [0.1, 0.15) is 0 Å². The third-order valence-corrected chi connectivity index (χ3v) is 5.35. The molecule has 7 nitrogen and oxygen atoms in total. The summed E-state index contributed by atoms with van der Waals surface area (Å²) >= 11 is 6.75. The van der Waals surface area contributed by atoms with E-state index in [-0.39, 0.29) is 24.3 Å². The van der Waals surface area contributed by atoms with Crippen molar-refractivity contribution in [3.05, 3.63) is 63.5 Å². The number of methoxy groups -OCH3 is 2. The first-order valence-corrected chi connectivity index (χ1v) is 9.98. The molecule has 1 heterocycles. The molecule has 0 unspecified atom stereocenters. The molecule has 0 aromatic heterocycles. The van der Waals surface area contributed by atoms with Crippen molar-refractivity contribution in [2.45, 2.75) is 6.54 Å². The van der Waals surface area contributed by atoms with Crippen LogP contribution >= 0.6 is 23.4 Å². The molecule has 9 heteroatoms. The summed E-state index contributed by atoms with van der Waals surface area (Å²) < 4.78 is 15.2. The fraction of sp³-hybridized carbons (Fsp3) is 0.190. The van der Waals surface area contributed by atoms with Crippen LogP contribution in [0.15, 0.2) is 47.4 Å². The molecule has 156 valence electrons. The normalized spacial score (nSPS) is 14.9. The molecular weight excluding hydrogens is 430 g/mol. The Labute approximate surface area is 182 Å². The third-order valence-electron chi connectivity index (χ3n) is 4.19. The van der Waals surface area contributed by atoms with Gasteiger partial charge in [-0.3, -0.25) is 14.5 Å². The Bertz CT molecular complexity index is 1010. The Morgan fingerprint density at radius 3 is 2.50 bits per heavy atom. The van der Waals surface area contributed by atoms with E-state index in [4.69, 9.17) is 21.1 Å². The second-order valence-corrected chi connectivity index (χ2v) is 7.60. The van der Waals surface area contributed by atoms with Gasteiger partial charge in [-0.2, -0.15) is 0 Å². The monoisotopic (exact) mass is 447 g/mol. The van der Waals surface area contributed by atoms with E-state index in [0.29, 0.717) is 27.0 Å². The maximum atomic E-state index is 12.7. The van der Waals surface area contributed by atoms with Gasteiger partial charge in [0.2, 0.25) is 0 Å². The van der Waals surface area contributed by atoms with Crippen LogP contribution in [-0.2, 0) is 20.9 Å². The molecule has 0 bridgehead atoms. The number of halogens is 1. The number of esters is 1. The molecule has 1 saturated heterocycles. The first kappa shape index (κ1) is 21.7. The van der Waals surface area contributed by atoms with Crippen LogP contribution in [0.5, 0.6) is 11.5 Å². The van der Waals surface area contributed by atoms with Gasteiger partial charge in [-0.05, 0) is 53.2 Å². The Morgan fingerprint density at radius 1 is 1.10 bits per heavy atom. The average Bonchev–Trinajstić information content (AvgIpc) is 3.01. The molecule has 0 radical (unpaired) electrons. The predicted octanol–water partition coefficient (Wildman–Crippen LogP) is 4.14. The molecule has 0 aliphatic carbocycles. The SMILES string of the molecule is COC(=O)COc1ccc(/C=C2/SC(=O)N(Cc3ccc(Cl)cc3)C2=O)cc1OC. The van der Waals surface area contributed by atoms with Crippen LogP contribution in [0.4, 0.5) is 4.79 Å². The zero-order chi connectivity index (χ0) is 21.7.